The van der Waals surface area contributed by atoms with Crippen LogP contribution in [-0.2, 0) is 4.79 Å². The molecule has 2 heterocycles. The standard InChI is InChI=1S/C13H16N2O3/c1-8-6-15(7-10(8)13(17)18)12(16)11-5-3-4-9(2)14-11/h3-5,8,10H,6-7H2,1-2H3,(H,17,18). The molecule has 5 heteroatoms. The number of hydrogen-bond acceptors (Lipinski definition) is 3. The first-order valence-corrected chi connectivity index (χ1v) is 5.95. The Morgan fingerprint density at radius 1 is 1.39 bits per heavy atom. The first kappa shape index (κ1) is 12.5. The summed E-state index contributed by atoms with van der Waals surface area (Å²) in [5, 5.41) is 9.04. The summed E-state index contributed by atoms with van der Waals surface area (Å²) in [6.45, 7) is 4.43. The van der Waals surface area contributed by atoms with Crippen molar-refractivity contribution in [3.8, 4) is 0 Å². The van der Waals surface area contributed by atoms with Crippen molar-refractivity contribution in [1.29, 1.82) is 0 Å². The van der Waals surface area contributed by atoms with Crippen LogP contribution in [0.15, 0.2) is 18.2 Å². The number of pyridine rings is 1. The van der Waals surface area contributed by atoms with E-state index in [0.717, 1.165) is 5.69 Å². The lowest BCUT2D eigenvalue weighted by Gasteiger charge is -2.15. The SMILES string of the molecule is Cc1cccc(C(=O)N2CC(C)C(C(=O)O)C2)n1. The van der Waals surface area contributed by atoms with E-state index >= 15 is 0 Å². The third kappa shape index (κ3) is 2.34. The molecule has 0 saturated carbocycles. The Hall–Kier alpha value is -1.91. The van der Waals surface area contributed by atoms with Crippen molar-refractivity contribution in [2.45, 2.75) is 13.8 Å². The molecule has 0 spiro atoms. The number of carboxylic acids is 1. The lowest BCUT2D eigenvalue weighted by atomic mass is 9.99. The van der Waals surface area contributed by atoms with Crippen molar-refractivity contribution < 1.29 is 14.7 Å². The van der Waals surface area contributed by atoms with Gasteiger partial charge >= 0.3 is 5.97 Å². The van der Waals surface area contributed by atoms with Crippen molar-refractivity contribution in [2.75, 3.05) is 13.1 Å². The van der Waals surface area contributed by atoms with Gasteiger partial charge < -0.3 is 10.0 Å². The predicted octanol–water partition coefficient (Wildman–Crippen LogP) is 1.18. The summed E-state index contributed by atoms with van der Waals surface area (Å²) in [6, 6.07) is 5.27. The zero-order valence-electron chi connectivity index (χ0n) is 10.5. The first-order valence-electron chi connectivity index (χ1n) is 5.95. The largest absolute Gasteiger partial charge is 0.481 e. The Morgan fingerprint density at radius 2 is 2.11 bits per heavy atom. The van der Waals surface area contributed by atoms with Gasteiger partial charge in [0.1, 0.15) is 5.69 Å². The molecule has 1 aliphatic rings. The van der Waals surface area contributed by atoms with Crippen LogP contribution in [0.2, 0.25) is 0 Å². The molecule has 1 amide bonds. The van der Waals surface area contributed by atoms with E-state index in [4.69, 9.17) is 5.11 Å². The van der Waals surface area contributed by atoms with Crippen molar-refractivity contribution in [1.82, 2.24) is 9.88 Å². The normalized spacial score (nSPS) is 23.1. The second-order valence-electron chi connectivity index (χ2n) is 4.80. The Morgan fingerprint density at radius 3 is 2.67 bits per heavy atom. The van der Waals surface area contributed by atoms with Crippen molar-refractivity contribution in [3.05, 3.63) is 29.6 Å². The maximum absolute atomic E-state index is 12.2. The van der Waals surface area contributed by atoms with Crippen molar-refractivity contribution >= 4 is 11.9 Å². The van der Waals surface area contributed by atoms with Gasteiger partial charge in [0.25, 0.3) is 5.91 Å². The molecule has 2 rings (SSSR count). The highest BCUT2D eigenvalue weighted by Gasteiger charge is 2.37. The maximum atomic E-state index is 12.2. The van der Waals surface area contributed by atoms with E-state index in [-0.39, 0.29) is 18.4 Å². The minimum atomic E-state index is -0.838. The number of hydrogen-bond donors (Lipinski definition) is 1. The minimum Gasteiger partial charge on any atom is -0.481 e. The zero-order chi connectivity index (χ0) is 13.3. The fourth-order valence-corrected chi connectivity index (χ4v) is 2.28. The van der Waals surface area contributed by atoms with E-state index in [1.807, 2.05) is 19.9 Å². The summed E-state index contributed by atoms with van der Waals surface area (Å²) in [6.07, 6.45) is 0. The number of carboxylic acid groups (broad SMARTS) is 1. The number of nitrogens with zero attached hydrogens (tertiary/aromatic N) is 2. The summed E-state index contributed by atoms with van der Waals surface area (Å²) in [5.41, 5.74) is 1.16. The van der Waals surface area contributed by atoms with Crippen molar-refractivity contribution in [3.63, 3.8) is 0 Å². The van der Waals surface area contributed by atoms with Crippen LogP contribution in [0.3, 0.4) is 0 Å². The Balaban J connectivity index is 2.14. The lowest BCUT2D eigenvalue weighted by Crippen LogP contribution is -2.30. The summed E-state index contributed by atoms with van der Waals surface area (Å²) in [5.74, 6) is -1.51. The van der Waals surface area contributed by atoms with Crippen LogP contribution in [0.25, 0.3) is 0 Å². The molecule has 5 nitrogen and oxygen atoms in total. The molecule has 96 valence electrons. The molecule has 1 N–H and O–H groups in total. The van der Waals surface area contributed by atoms with Crippen molar-refractivity contribution in [2.24, 2.45) is 11.8 Å². The van der Waals surface area contributed by atoms with Gasteiger partial charge in [0.05, 0.1) is 5.92 Å². The number of aryl methyl sites for hydroxylation is 1. The zero-order valence-corrected chi connectivity index (χ0v) is 10.5. The molecular weight excluding hydrogens is 232 g/mol. The quantitative estimate of drug-likeness (QED) is 0.853. The number of rotatable bonds is 2. The fourth-order valence-electron chi connectivity index (χ4n) is 2.28. The van der Waals surface area contributed by atoms with Gasteiger partial charge in [-0.15, -0.1) is 0 Å². The third-order valence-corrected chi connectivity index (χ3v) is 3.32. The van der Waals surface area contributed by atoms with Gasteiger partial charge in [-0.25, -0.2) is 4.98 Å². The molecule has 0 aromatic carbocycles. The summed E-state index contributed by atoms with van der Waals surface area (Å²) >= 11 is 0. The number of aliphatic carboxylic acids is 1. The maximum Gasteiger partial charge on any atom is 0.308 e. The second-order valence-corrected chi connectivity index (χ2v) is 4.80. The van der Waals surface area contributed by atoms with Crippen LogP contribution in [0.5, 0.6) is 0 Å². The second kappa shape index (κ2) is 4.76. The topological polar surface area (TPSA) is 70.5 Å². The van der Waals surface area contributed by atoms with Crippen LogP contribution in [0.4, 0.5) is 0 Å². The Bertz CT molecular complexity index is 487. The molecule has 1 aromatic rings. The van der Waals surface area contributed by atoms with E-state index in [1.165, 1.54) is 0 Å². The van der Waals surface area contributed by atoms with Crippen LogP contribution in [-0.4, -0.2) is 40.0 Å². The van der Waals surface area contributed by atoms with Gasteiger partial charge in [-0.2, -0.15) is 0 Å². The van der Waals surface area contributed by atoms with E-state index < -0.39 is 11.9 Å². The van der Waals surface area contributed by atoms with Crippen LogP contribution < -0.4 is 0 Å². The van der Waals surface area contributed by atoms with Gasteiger partial charge in [0.15, 0.2) is 0 Å². The van der Waals surface area contributed by atoms with Gasteiger partial charge in [-0.1, -0.05) is 13.0 Å². The molecule has 0 radical (unpaired) electrons. The van der Waals surface area contributed by atoms with Gasteiger partial charge in [0.2, 0.25) is 0 Å². The molecule has 1 aromatic heterocycles. The predicted molar refractivity (Wildman–Crippen MR) is 65.2 cm³/mol. The smallest absolute Gasteiger partial charge is 0.308 e. The van der Waals surface area contributed by atoms with Crippen LogP contribution in [0, 0.1) is 18.8 Å². The Kier molecular flexibility index (Phi) is 3.32. The summed E-state index contributed by atoms with van der Waals surface area (Å²) in [7, 11) is 0. The summed E-state index contributed by atoms with van der Waals surface area (Å²) < 4.78 is 0. The average Bonchev–Trinajstić information content (AvgIpc) is 2.70. The van der Waals surface area contributed by atoms with E-state index in [9.17, 15) is 9.59 Å². The van der Waals surface area contributed by atoms with E-state index in [1.54, 1.807) is 17.0 Å². The number of likely N-dealkylation sites (tertiary alicyclic amines) is 1. The van der Waals surface area contributed by atoms with Gasteiger partial charge in [0, 0.05) is 18.8 Å². The molecule has 2 atom stereocenters. The molecule has 0 aliphatic carbocycles. The number of aromatic nitrogens is 1. The highest BCUT2D eigenvalue weighted by atomic mass is 16.4. The molecule has 1 fully saturated rings. The van der Waals surface area contributed by atoms with Gasteiger partial charge in [-0.3, -0.25) is 9.59 Å². The first-order chi connectivity index (χ1) is 8.49. The minimum absolute atomic E-state index is 0.0174. The molecule has 0 bridgehead atoms. The highest BCUT2D eigenvalue weighted by molar-refractivity contribution is 5.93. The number of carbonyl (C=O) groups excluding carboxylic acids is 1. The van der Waals surface area contributed by atoms with E-state index in [0.29, 0.717) is 12.2 Å². The monoisotopic (exact) mass is 248 g/mol. The fraction of sp³-hybridized carbons (Fsp3) is 0.462. The molecule has 2 unspecified atom stereocenters. The van der Waals surface area contributed by atoms with Gasteiger partial charge in [-0.05, 0) is 25.0 Å². The molecular formula is C13H16N2O3. The highest BCUT2D eigenvalue weighted by Crippen LogP contribution is 2.24. The average molecular weight is 248 g/mol. The molecule has 18 heavy (non-hydrogen) atoms. The molecule has 1 aliphatic heterocycles. The third-order valence-electron chi connectivity index (χ3n) is 3.32. The number of amides is 1. The Labute approximate surface area is 105 Å². The molecule has 1 saturated heterocycles. The summed E-state index contributed by atoms with van der Waals surface area (Å²) in [4.78, 5) is 28.9. The van der Waals surface area contributed by atoms with E-state index in [2.05, 4.69) is 4.98 Å². The number of carbonyl (C=O) groups is 2. The van der Waals surface area contributed by atoms with Crippen LogP contribution in [0.1, 0.15) is 23.1 Å². The lowest BCUT2D eigenvalue weighted by molar-refractivity contribution is -0.142. The van der Waals surface area contributed by atoms with Crippen LogP contribution >= 0.6 is 0 Å².